The summed E-state index contributed by atoms with van der Waals surface area (Å²) in [5.41, 5.74) is 1.11. The second-order valence-electron chi connectivity index (χ2n) is 9.73. The molecule has 0 bridgehead atoms. The van der Waals surface area contributed by atoms with Crippen LogP contribution in [-0.2, 0) is 11.8 Å². The van der Waals surface area contributed by atoms with E-state index in [-0.39, 0.29) is 17.7 Å². The standard InChI is InChI=1S/C24H33N7O2/c1-29-11-13-31(14-12-29)20-8-7-18(15-25-20)27-24(33)22(21(16-3-4-16)17-5-6-17)28-23(32)19-9-10-26-30(19)2/h7-10,15-17,21-22H,3-6,11-14H2,1-2H3,(H,27,33)(H,28,32)/t22-/m0/s1. The second kappa shape index (κ2) is 9.13. The molecule has 3 heterocycles. The van der Waals surface area contributed by atoms with Crippen LogP contribution in [-0.4, -0.2) is 70.7 Å². The van der Waals surface area contributed by atoms with Gasteiger partial charge in [-0.25, -0.2) is 4.98 Å². The van der Waals surface area contributed by atoms with E-state index in [0.29, 0.717) is 23.2 Å². The minimum atomic E-state index is -0.565. The molecule has 2 amide bonds. The molecule has 9 nitrogen and oxygen atoms in total. The molecule has 9 heteroatoms. The molecule has 2 saturated carbocycles. The third-order valence-electron chi connectivity index (χ3n) is 7.18. The highest BCUT2D eigenvalue weighted by molar-refractivity contribution is 6.00. The van der Waals surface area contributed by atoms with E-state index < -0.39 is 6.04 Å². The summed E-state index contributed by atoms with van der Waals surface area (Å²) in [6.45, 7) is 3.92. The first-order valence-electron chi connectivity index (χ1n) is 12.0. The third kappa shape index (κ3) is 5.03. The molecule has 1 aliphatic heterocycles. The van der Waals surface area contributed by atoms with Gasteiger partial charge in [-0.2, -0.15) is 5.10 Å². The smallest absolute Gasteiger partial charge is 0.270 e. The summed E-state index contributed by atoms with van der Waals surface area (Å²) in [6, 6.07) is 4.98. The monoisotopic (exact) mass is 451 g/mol. The number of aryl methyl sites for hydroxylation is 1. The van der Waals surface area contributed by atoms with Crippen LogP contribution in [0.2, 0.25) is 0 Å². The first kappa shape index (κ1) is 21.9. The highest BCUT2D eigenvalue weighted by Crippen LogP contribution is 2.50. The van der Waals surface area contributed by atoms with E-state index in [1.54, 1.807) is 25.5 Å². The van der Waals surface area contributed by atoms with Gasteiger partial charge in [0.05, 0.1) is 11.9 Å². The van der Waals surface area contributed by atoms with Gasteiger partial charge in [-0.15, -0.1) is 0 Å². The predicted molar refractivity (Wildman–Crippen MR) is 126 cm³/mol. The Bertz CT molecular complexity index is 976. The van der Waals surface area contributed by atoms with E-state index in [4.69, 9.17) is 0 Å². The van der Waals surface area contributed by atoms with Crippen LogP contribution in [0.3, 0.4) is 0 Å². The van der Waals surface area contributed by atoms with Crippen LogP contribution in [0.4, 0.5) is 11.5 Å². The Morgan fingerprint density at radius 1 is 1.00 bits per heavy atom. The number of pyridine rings is 1. The van der Waals surface area contributed by atoms with Crippen molar-refractivity contribution in [1.82, 2.24) is 25.0 Å². The first-order chi connectivity index (χ1) is 16.0. The normalized spacial score (nSPS) is 20.0. The van der Waals surface area contributed by atoms with Crippen molar-refractivity contribution in [3.8, 4) is 0 Å². The van der Waals surface area contributed by atoms with Gasteiger partial charge >= 0.3 is 0 Å². The number of hydrogen-bond acceptors (Lipinski definition) is 6. The number of rotatable bonds is 8. The number of nitrogens with zero attached hydrogens (tertiary/aromatic N) is 5. The van der Waals surface area contributed by atoms with Gasteiger partial charge in [0, 0.05) is 39.4 Å². The molecule has 1 saturated heterocycles. The summed E-state index contributed by atoms with van der Waals surface area (Å²) in [7, 11) is 3.86. The van der Waals surface area contributed by atoms with Crippen LogP contribution in [0.25, 0.3) is 0 Å². The number of nitrogens with one attached hydrogen (secondary N) is 2. The molecule has 2 aliphatic carbocycles. The Labute approximate surface area is 194 Å². The summed E-state index contributed by atoms with van der Waals surface area (Å²) in [5, 5.41) is 10.2. The zero-order chi connectivity index (χ0) is 22.9. The molecule has 0 aromatic carbocycles. The number of carbonyl (C=O) groups excluding carboxylic acids is 2. The van der Waals surface area contributed by atoms with E-state index in [1.807, 2.05) is 12.1 Å². The summed E-state index contributed by atoms with van der Waals surface area (Å²) in [6.07, 6.45) is 7.84. The van der Waals surface area contributed by atoms with Crippen molar-refractivity contribution in [2.24, 2.45) is 24.8 Å². The molecule has 2 aromatic rings. The number of likely N-dealkylation sites (N-methyl/N-ethyl adjacent to an activating group) is 1. The van der Waals surface area contributed by atoms with Crippen LogP contribution in [0.1, 0.15) is 36.2 Å². The molecule has 33 heavy (non-hydrogen) atoms. The van der Waals surface area contributed by atoms with Gasteiger partial charge in [-0.3, -0.25) is 14.3 Å². The van der Waals surface area contributed by atoms with Crippen molar-refractivity contribution in [1.29, 1.82) is 0 Å². The van der Waals surface area contributed by atoms with E-state index >= 15 is 0 Å². The lowest BCUT2D eigenvalue weighted by molar-refractivity contribution is -0.119. The minimum absolute atomic E-state index is 0.163. The van der Waals surface area contributed by atoms with Crippen molar-refractivity contribution in [3.05, 3.63) is 36.3 Å². The summed E-state index contributed by atoms with van der Waals surface area (Å²) in [4.78, 5) is 35.5. The lowest BCUT2D eigenvalue weighted by Crippen LogP contribution is -2.50. The Morgan fingerprint density at radius 2 is 1.70 bits per heavy atom. The average Bonchev–Trinajstić information content (AvgIpc) is 3.75. The fourth-order valence-corrected chi connectivity index (χ4v) is 4.94. The van der Waals surface area contributed by atoms with Crippen LogP contribution in [0.5, 0.6) is 0 Å². The van der Waals surface area contributed by atoms with Gasteiger partial charge in [-0.05, 0) is 68.7 Å². The first-order valence-corrected chi connectivity index (χ1v) is 12.0. The molecule has 0 spiro atoms. The van der Waals surface area contributed by atoms with Crippen LogP contribution < -0.4 is 15.5 Å². The number of aromatic nitrogens is 3. The van der Waals surface area contributed by atoms with Gasteiger partial charge in [0.15, 0.2) is 0 Å². The number of amides is 2. The SMILES string of the molecule is CN1CCN(c2ccc(NC(=O)[C@@H](NC(=O)c3ccnn3C)C(C3CC3)C3CC3)cn2)CC1. The van der Waals surface area contributed by atoms with Gasteiger partial charge in [-0.1, -0.05) is 0 Å². The van der Waals surface area contributed by atoms with Crippen molar-refractivity contribution in [3.63, 3.8) is 0 Å². The van der Waals surface area contributed by atoms with Crippen LogP contribution in [0, 0.1) is 17.8 Å². The Morgan fingerprint density at radius 3 is 2.24 bits per heavy atom. The Balaban J connectivity index is 1.29. The van der Waals surface area contributed by atoms with Crippen LogP contribution in [0.15, 0.2) is 30.6 Å². The molecule has 0 unspecified atom stereocenters. The fourth-order valence-electron chi connectivity index (χ4n) is 4.94. The number of hydrogen-bond donors (Lipinski definition) is 2. The molecule has 5 rings (SSSR count). The molecular weight excluding hydrogens is 418 g/mol. The zero-order valence-electron chi connectivity index (χ0n) is 19.4. The Hall–Kier alpha value is -2.94. The van der Waals surface area contributed by atoms with Crippen molar-refractivity contribution < 1.29 is 9.59 Å². The molecular formula is C24H33N7O2. The predicted octanol–water partition coefficient (Wildman–Crippen LogP) is 1.74. The lowest BCUT2D eigenvalue weighted by atomic mass is 9.88. The van der Waals surface area contributed by atoms with Crippen molar-refractivity contribution in [2.75, 3.05) is 43.4 Å². The number of piperazine rings is 1. The fraction of sp³-hybridized carbons (Fsp3) is 0.583. The van der Waals surface area contributed by atoms with E-state index in [2.05, 4.69) is 37.6 Å². The number of anilines is 2. The molecule has 176 valence electrons. The maximum absolute atomic E-state index is 13.4. The van der Waals surface area contributed by atoms with E-state index in [1.165, 1.54) is 4.68 Å². The molecule has 2 N–H and O–H groups in total. The van der Waals surface area contributed by atoms with Crippen LogP contribution >= 0.6 is 0 Å². The largest absolute Gasteiger partial charge is 0.354 e. The summed E-state index contributed by atoms with van der Waals surface area (Å²) < 4.78 is 1.54. The highest BCUT2D eigenvalue weighted by atomic mass is 16.2. The van der Waals surface area contributed by atoms with Gasteiger partial charge < -0.3 is 20.4 Å². The molecule has 1 atom stereocenters. The van der Waals surface area contributed by atoms with Gasteiger partial charge in [0.1, 0.15) is 17.6 Å². The maximum Gasteiger partial charge on any atom is 0.270 e. The Kier molecular flexibility index (Phi) is 6.05. The molecule has 3 fully saturated rings. The summed E-state index contributed by atoms with van der Waals surface area (Å²) >= 11 is 0. The third-order valence-corrected chi connectivity index (χ3v) is 7.18. The maximum atomic E-state index is 13.4. The lowest BCUT2D eigenvalue weighted by Gasteiger charge is -2.33. The quantitative estimate of drug-likeness (QED) is 0.635. The average molecular weight is 452 g/mol. The molecule has 3 aliphatic rings. The van der Waals surface area contributed by atoms with Crippen molar-refractivity contribution in [2.45, 2.75) is 31.7 Å². The van der Waals surface area contributed by atoms with Gasteiger partial charge in [0.25, 0.3) is 5.91 Å². The van der Waals surface area contributed by atoms with E-state index in [9.17, 15) is 9.59 Å². The minimum Gasteiger partial charge on any atom is -0.354 e. The zero-order valence-corrected chi connectivity index (χ0v) is 19.4. The topological polar surface area (TPSA) is 95.4 Å². The molecule has 0 radical (unpaired) electrons. The van der Waals surface area contributed by atoms with E-state index in [0.717, 1.165) is 57.7 Å². The van der Waals surface area contributed by atoms with Gasteiger partial charge in [0.2, 0.25) is 5.91 Å². The molecule has 2 aromatic heterocycles. The van der Waals surface area contributed by atoms with Crippen molar-refractivity contribution >= 4 is 23.3 Å². The second-order valence-corrected chi connectivity index (χ2v) is 9.73. The summed E-state index contributed by atoms with van der Waals surface area (Å²) in [5.74, 6) is 1.71. The highest BCUT2D eigenvalue weighted by Gasteiger charge is 2.48. The number of carbonyl (C=O) groups is 2.